The monoisotopic (exact) mass is 376 g/mol. The second-order valence-corrected chi connectivity index (χ2v) is 7.57. The summed E-state index contributed by atoms with van der Waals surface area (Å²) >= 11 is 0.634. The van der Waals surface area contributed by atoms with Gasteiger partial charge in [0.05, 0.1) is 11.4 Å². The molecule has 2 amide bonds. The van der Waals surface area contributed by atoms with E-state index in [-0.39, 0.29) is 18.2 Å². The smallest absolute Gasteiger partial charge is 0.356 e. The van der Waals surface area contributed by atoms with Gasteiger partial charge in [-0.05, 0) is 18.6 Å². The van der Waals surface area contributed by atoms with Gasteiger partial charge < -0.3 is 10.6 Å². The Morgan fingerprint density at radius 3 is 2.36 bits per heavy atom. The van der Waals surface area contributed by atoms with Crippen molar-refractivity contribution >= 4 is 29.3 Å². The minimum absolute atomic E-state index is 0.0956. The van der Waals surface area contributed by atoms with E-state index in [4.69, 9.17) is 0 Å². The van der Waals surface area contributed by atoms with Gasteiger partial charge in [0, 0.05) is 23.3 Å². The normalized spacial score (nSPS) is 11.9. The van der Waals surface area contributed by atoms with Crippen molar-refractivity contribution in [3.63, 3.8) is 0 Å². The fourth-order valence-electron chi connectivity index (χ4n) is 1.78. The Morgan fingerprint density at radius 1 is 1.12 bits per heavy atom. The summed E-state index contributed by atoms with van der Waals surface area (Å²) in [5.41, 5.74) is -0.128. The number of hydrogen-bond acceptors (Lipinski definition) is 3. The number of thioether (sulfide) groups is 1. The van der Waals surface area contributed by atoms with E-state index in [9.17, 15) is 22.8 Å². The number of carbonyl (C=O) groups excluding carboxylic acids is 2. The average Bonchev–Trinajstić information content (AvgIpc) is 2.48. The molecule has 0 fully saturated rings. The molecular formula is C17H23F3N2O2S. The molecule has 1 aromatic carbocycles. The first-order chi connectivity index (χ1) is 11.5. The second kappa shape index (κ2) is 9.12. The molecule has 0 atom stereocenters. The molecule has 0 bridgehead atoms. The molecule has 0 saturated carbocycles. The summed E-state index contributed by atoms with van der Waals surface area (Å²) in [4.78, 5) is 24.0. The Morgan fingerprint density at radius 2 is 1.76 bits per heavy atom. The van der Waals surface area contributed by atoms with Crippen LogP contribution < -0.4 is 10.6 Å². The van der Waals surface area contributed by atoms with Crippen molar-refractivity contribution in [2.24, 2.45) is 5.41 Å². The van der Waals surface area contributed by atoms with Gasteiger partial charge in [-0.15, -0.1) is 11.8 Å². The van der Waals surface area contributed by atoms with Gasteiger partial charge in [0.25, 0.3) is 0 Å². The molecule has 4 nitrogen and oxygen atoms in total. The van der Waals surface area contributed by atoms with Gasteiger partial charge in [-0.25, -0.2) is 0 Å². The van der Waals surface area contributed by atoms with Crippen LogP contribution in [0.5, 0.6) is 0 Å². The second-order valence-electron chi connectivity index (χ2n) is 6.56. The number of halogens is 3. The first-order valence-electron chi connectivity index (χ1n) is 7.86. The van der Waals surface area contributed by atoms with Gasteiger partial charge in [-0.3, -0.25) is 9.59 Å². The average molecular weight is 376 g/mol. The number of alkyl halides is 3. The largest absolute Gasteiger partial charge is 0.398 e. The standard InChI is InChI=1S/C17H23F3N2O2S/c1-16(2,3)15(24)21-10-6-9-14(23)22-12-7-4-5-8-13(12)25-11-17(18,19)20/h4-5,7-8H,6,9-11H2,1-3H3,(H,21,24)(H,22,23). The lowest BCUT2D eigenvalue weighted by Gasteiger charge is -2.17. The highest BCUT2D eigenvalue weighted by Crippen LogP contribution is 2.32. The van der Waals surface area contributed by atoms with Crippen molar-refractivity contribution < 1.29 is 22.8 Å². The third kappa shape index (κ3) is 8.81. The molecule has 0 heterocycles. The first kappa shape index (κ1) is 21.3. The van der Waals surface area contributed by atoms with Crippen LogP contribution in [0.1, 0.15) is 33.6 Å². The number of rotatable bonds is 7. The van der Waals surface area contributed by atoms with Crippen LogP contribution in [0.15, 0.2) is 29.2 Å². The minimum Gasteiger partial charge on any atom is -0.356 e. The number of anilines is 1. The first-order valence-corrected chi connectivity index (χ1v) is 8.84. The van der Waals surface area contributed by atoms with Crippen LogP contribution in [0.2, 0.25) is 0 Å². The molecule has 0 saturated heterocycles. The van der Waals surface area contributed by atoms with Crippen molar-refractivity contribution in [2.75, 3.05) is 17.6 Å². The van der Waals surface area contributed by atoms with Crippen molar-refractivity contribution in [3.8, 4) is 0 Å². The molecule has 0 aliphatic carbocycles. The van der Waals surface area contributed by atoms with E-state index >= 15 is 0 Å². The van der Waals surface area contributed by atoms with Crippen LogP contribution in [-0.2, 0) is 9.59 Å². The summed E-state index contributed by atoms with van der Waals surface area (Å²) in [5.74, 6) is -1.41. The number of benzene rings is 1. The Kier molecular flexibility index (Phi) is 7.79. The molecule has 0 aromatic heterocycles. The van der Waals surface area contributed by atoms with Crippen LogP contribution in [-0.4, -0.2) is 30.3 Å². The number of carbonyl (C=O) groups is 2. The molecule has 8 heteroatoms. The fourth-order valence-corrected chi connectivity index (χ4v) is 2.55. The van der Waals surface area contributed by atoms with Crippen molar-refractivity contribution in [1.82, 2.24) is 5.32 Å². The predicted molar refractivity (Wildman–Crippen MR) is 93.5 cm³/mol. The van der Waals surface area contributed by atoms with Crippen molar-refractivity contribution in [3.05, 3.63) is 24.3 Å². The van der Waals surface area contributed by atoms with Gasteiger partial charge in [-0.1, -0.05) is 32.9 Å². The highest BCUT2D eigenvalue weighted by molar-refractivity contribution is 7.99. The third-order valence-corrected chi connectivity index (χ3v) is 4.24. The summed E-state index contributed by atoms with van der Waals surface area (Å²) in [6.07, 6.45) is -3.65. The summed E-state index contributed by atoms with van der Waals surface area (Å²) in [6, 6.07) is 6.38. The highest BCUT2D eigenvalue weighted by Gasteiger charge is 2.27. The molecule has 0 aliphatic heterocycles. The number of hydrogen-bond donors (Lipinski definition) is 2. The molecular weight excluding hydrogens is 353 g/mol. The highest BCUT2D eigenvalue weighted by atomic mass is 32.2. The van der Waals surface area contributed by atoms with Gasteiger partial charge >= 0.3 is 6.18 Å². The van der Waals surface area contributed by atoms with E-state index in [1.54, 1.807) is 39.0 Å². The maximum Gasteiger partial charge on any atom is 0.398 e. The lowest BCUT2D eigenvalue weighted by Crippen LogP contribution is -2.35. The summed E-state index contributed by atoms with van der Waals surface area (Å²) in [5, 5.41) is 5.37. The Bertz CT molecular complexity index is 598. The van der Waals surface area contributed by atoms with Crippen LogP contribution >= 0.6 is 11.8 Å². The molecule has 2 N–H and O–H groups in total. The SMILES string of the molecule is CC(C)(C)C(=O)NCCCC(=O)Nc1ccccc1SCC(F)(F)F. The zero-order valence-electron chi connectivity index (χ0n) is 14.5. The van der Waals surface area contributed by atoms with Crippen LogP contribution in [0.25, 0.3) is 0 Å². The van der Waals surface area contributed by atoms with Crippen LogP contribution in [0.3, 0.4) is 0 Å². The van der Waals surface area contributed by atoms with E-state index in [1.165, 1.54) is 6.07 Å². The van der Waals surface area contributed by atoms with E-state index in [0.717, 1.165) is 0 Å². The van der Waals surface area contributed by atoms with Crippen molar-refractivity contribution in [2.45, 2.75) is 44.7 Å². The Balaban J connectivity index is 2.46. The van der Waals surface area contributed by atoms with E-state index in [2.05, 4.69) is 10.6 Å². The Hall–Kier alpha value is -1.70. The van der Waals surface area contributed by atoms with Gasteiger partial charge in [0.1, 0.15) is 0 Å². The van der Waals surface area contributed by atoms with E-state index < -0.39 is 17.3 Å². The molecule has 1 rings (SSSR count). The summed E-state index contributed by atoms with van der Waals surface area (Å²) in [7, 11) is 0. The third-order valence-electron chi connectivity index (χ3n) is 3.10. The Labute approximate surface area is 149 Å². The van der Waals surface area contributed by atoms with Gasteiger partial charge in [0.2, 0.25) is 11.8 Å². The van der Waals surface area contributed by atoms with Gasteiger partial charge in [0.15, 0.2) is 0 Å². The molecule has 0 radical (unpaired) electrons. The topological polar surface area (TPSA) is 58.2 Å². The summed E-state index contributed by atoms with van der Waals surface area (Å²) < 4.78 is 37.0. The maximum absolute atomic E-state index is 12.3. The van der Waals surface area contributed by atoms with E-state index in [0.29, 0.717) is 35.3 Å². The molecule has 25 heavy (non-hydrogen) atoms. The minimum atomic E-state index is -4.27. The van der Waals surface area contributed by atoms with Gasteiger partial charge in [-0.2, -0.15) is 13.2 Å². The number of nitrogens with one attached hydrogen (secondary N) is 2. The zero-order valence-corrected chi connectivity index (χ0v) is 15.3. The predicted octanol–water partition coefficient (Wildman–Crippen LogP) is 4.22. The quantitative estimate of drug-likeness (QED) is 0.553. The van der Waals surface area contributed by atoms with Crippen molar-refractivity contribution in [1.29, 1.82) is 0 Å². The number of para-hydroxylation sites is 1. The lowest BCUT2D eigenvalue weighted by atomic mass is 9.96. The molecule has 0 aliphatic rings. The molecule has 140 valence electrons. The maximum atomic E-state index is 12.3. The molecule has 0 unspecified atom stereocenters. The summed E-state index contributed by atoms with van der Waals surface area (Å²) in [6.45, 7) is 5.76. The number of amides is 2. The molecule has 1 aromatic rings. The zero-order chi connectivity index (χ0) is 19.1. The fraction of sp³-hybridized carbons (Fsp3) is 0.529. The lowest BCUT2D eigenvalue weighted by molar-refractivity contribution is -0.128. The molecule has 0 spiro atoms. The van der Waals surface area contributed by atoms with Crippen LogP contribution in [0, 0.1) is 5.41 Å². The van der Waals surface area contributed by atoms with Crippen LogP contribution in [0.4, 0.5) is 18.9 Å². The van der Waals surface area contributed by atoms with E-state index in [1.807, 2.05) is 0 Å².